The van der Waals surface area contributed by atoms with Crippen LogP contribution in [0.25, 0.3) is 5.69 Å². The summed E-state index contributed by atoms with van der Waals surface area (Å²) >= 11 is 0. The molecule has 0 saturated carbocycles. The number of rotatable bonds is 8. The maximum Gasteiger partial charge on any atom is 0.191 e. The zero-order valence-electron chi connectivity index (χ0n) is 18.7. The summed E-state index contributed by atoms with van der Waals surface area (Å²) in [4.78, 5) is 7.22. The van der Waals surface area contributed by atoms with Crippen LogP contribution < -0.4 is 10.6 Å². The zero-order chi connectivity index (χ0) is 22.0. The van der Waals surface area contributed by atoms with Crippen molar-refractivity contribution in [3.63, 3.8) is 0 Å². The molecule has 1 saturated heterocycles. The standard InChI is InChI=1S/C25H32N6O/c1-2-26-25(27-16-21-17-29-31(19-21)24-10-4-3-5-11-24)28-18-22-8-6-7-9-23(22)20-30-12-14-32-15-13-30/h3-11,17,19H,2,12-16,18,20H2,1H3,(H2,26,27,28). The van der Waals surface area contributed by atoms with Crippen LogP contribution in [0.4, 0.5) is 0 Å². The van der Waals surface area contributed by atoms with Gasteiger partial charge in [-0.05, 0) is 30.2 Å². The van der Waals surface area contributed by atoms with Gasteiger partial charge in [-0.3, -0.25) is 4.90 Å². The average Bonchev–Trinajstić information content (AvgIpc) is 3.32. The third-order valence-corrected chi connectivity index (χ3v) is 5.48. The monoisotopic (exact) mass is 432 g/mol. The second-order valence-corrected chi connectivity index (χ2v) is 7.83. The van der Waals surface area contributed by atoms with E-state index in [1.807, 2.05) is 47.4 Å². The number of ether oxygens (including phenoxy) is 1. The highest BCUT2D eigenvalue weighted by Crippen LogP contribution is 2.13. The molecule has 2 aromatic carbocycles. The first-order valence-corrected chi connectivity index (χ1v) is 11.3. The Balaban J connectivity index is 1.38. The highest BCUT2D eigenvalue weighted by molar-refractivity contribution is 5.79. The average molecular weight is 433 g/mol. The van der Waals surface area contributed by atoms with E-state index < -0.39 is 0 Å². The van der Waals surface area contributed by atoms with Crippen LogP contribution in [0.15, 0.2) is 72.0 Å². The molecule has 1 fully saturated rings. The van der Waals surface area contributed by atoms with Gasteiger partial charge in [-0.25, -0.2) is 9.67 Å². The van der Waals surface area contributed by atoms with Gasteiger partial charge in [-0.2, -0.15) is 5.10 Å². The summed E-state index contributed by atoms with van der Waals surface area (Å²) in [7, 11) is 0. The molecular formula is C25H32N6O. The van der Waals surface area contributed by atoms with Gasteiger partial charge < -0.3 is 15.4 Å². The predicted molar refractivity (Wildman–Crippen MR) is 128 cm³/mol. The van der Waals surface area contributed by atoms with E-state index in [4.69, 9.17) is 9.73 Å². The molecule has 2 N–H and O–H groups in total. The van der Waals surface area contributed by atoms with Crippen molar-refractivity contribution >= 4 is 5.96 Å². The number of hydrogen-bond donors (Lipinski definition) is 2. The SMILES string of the molecule is CCNC(=NCc1cnn(-c2ccccc2)c1)NCc1ccccc1CN1CCOCC1. The van der Waals surface area contributed by atoms with Gasteiger partial charge in [0.05, 0.1) is 31.6 Å². The highest BCUT2D eigenvalue weighted by Gasteiger charge is 2.13. The normalized spacial score (nSPS) is 15.0. The molecule has 0 atom stereocenters. The zero-order valence-corrected chi connectivity index (χ0v) is 18.7. The van der Waals surface area contributed by atoms with E-state index in [9.17, 15) is 0 Å². The fourth-order valence-corrected chi connectivity index (χ4v) is 3.74. The van der Waals surface area contributed by atoms with Gasteiger partial charge in [0.1, 0.15) is 0 Å². The molecule has 0 bridgehead atoms. The molecule has 0 spiro atoms. The van der Waals surface area contributed by atoms with Crippen molar-refractivity contribution in [2.75, 3.05) is 32.8 Å². The lowest BCUT2D eigenvalue weighted by molar-refractivity contribution is 0.0341. The van der Waals surface area contributed by atoms with Crippen LogP contribution >= 0.6 is 0 Å². The quantitative estimate of drug-likeness (QED) is 0.423. The summed E-state index contributed by atoms with van der Waals surface area (Å²) in [6, 6.07) is 18.7. The second-order valence-electron chi connectivity index (χ2n) is 7.83. The summed E-state index contributed by atoms with van der Waals surface area (Å²) in [5.41, 5.74) is 4.76. The second kappa shape index (κ2) is 11.5. The fourth-order valence-electron chi connectivity index (χ4n) is 3.74. The van der Waals surface area contributed by atoms with Crippen LogP contribution in [0.3, 0.4) is 0 Å². The van der Waals surface area contributed by atoms with Crippen LogP contribution in [-0.2, 0) is 24.4 Å². The van der Waals surface area contributed by atoms with Gasteiger partial charge in [0.2, 0.25) is 0 Å². The summed E-state index contributed by atoms with van der Waals surface area (Å²) in [5, 5.41) is 11.3. The molecule has 7 nitrogen and oxygen atoms in total. The lowest BCUT2D eigenvalue weighted by Crippen LogP contribution is -2.38. The number of nitrogens with zero attached hydrogens (tertiary/aromatic N) is 4. The first kappa shape index (κ1) is 22.0. The molecule has 1 aliphatic heterocycles. The summed E-state index contributed by atoms with van der Waals surface area (Å²) < 4.78 is 7.36. The predicted octanol–water partition coefficient (Wildman–Crippen LogP) is 2.96. The van der Waals surface area contributed by atoms with Crippen molar-refractivity contribution in [1.82, 2.24) is 25.3 Å². The van der Waals surface area contributed by atoms with Crippen molar-refractivity contribution in [2.45, 2.75) is 26.6 Å². The Bertz CT molecular complexity index is 994. The van der Waals surface area contributed by atoms with E-state index in [-0.39, 0.29) is 0 Å². The highest BCUT2D eigenvalue weighted by atomic mass is 16.5. The summed E-state index contributed by atoms with van der Waals surface area (Å²) in [6.07, 6.45) is 3.90. The van der Waals surface area contributed by atoms with Crippen molar-refractivity contribution in [3.05, 3.63) is 83.7 Å². The van der Waals surface area contributed by atoms with Crippen molar-refractivity contribution in [2.24, 2.45) is 4.99 Å². The van der Waals surface area contributed by atoms with E-state index in [1.54, 1.807) is 0 Å². The number of aromatic nitrogens is 2. The van der Waals surface area contributed by atoms with Gasteiger partial charge in [-0.1, -0.05) is 42.5 Å². The third-order valence-electron chi connectivity index (χ3n) is 5.48. The summed E-state index contributed by atoms with van der Waals surface area (Å²) in [5.74, 6) is 0.807. The number of hydrogen-bond acceptors (Lipinski definition) is 4. The number of morpholine rings is 1. The molecule has 2 heterocycles. The van der Waals surface area contributed by atoms with Gasteiger partial charge in [0.25, 0.3) is 0 Å². The van der Waals surface area contributed by atoms with E-state index in [0.29, 0.717) is 6.54 Å². The molecule has 0 aliphatic carbocycles. The van der Waals surface area contributed by atoms with Crippen LogP contribution in [0, 0.1) is 0 Å². The van der Waals surface area contributed by atoms with Crippen molar-refractivity contribution < 1.29 is 4.74 Å². The minimum absolute atomic E-state index is 0.567. The molecule has 0 unspecified atom stereocenters. The molecule has 7 heteroatoms. The maximum absolute atomic E-state index is 5.48. The maximum atomic E-state index is 5.48. The molecule has 0 radical (unpaired) electrons. The number of guanidine groups is 1. The Labute approximate surface area is 190 Å². The van der Waals surface area contributed by atoms with E-state index in [1.165, 1.54) is 11.1 Å². The minimum atomic E-state index is 0.567. The van der Waals surface area contributed by atoms with E-state index in [0.717, 1.165) is 63.1 Å². The van der Waals surface area contributed by atoms with Gasteiger partial charge in [-0.15, -0.1) is 0 Å². The Morgan fingerprint density at radius 1 is 1.00 bits per heavy atom. The van der Waals surface area contributed by atoms with Crippen molar-refractivity contribution in [1.29, 1.82) is 0 Å². The molecule has 1 aromatic heterocycles. The molecule has 0 amide bonds. The first-order valence-electron chi connectivity index (χ1n) is 11.3. The molecular weight excluding hydrogens is 400 g/mol. The van der Waals surface area contributed by atoms with Crippen LogP contribution in [-0.4, -0.2) is 53.5 Å². The van der Waals surface area contributed by atoms with Gasteiger partial charge in [0.15, 0.2) is 5.96 Å². The van der Waals surface area contributed by atoms with Crippen LogP contribution in [0.1, 0.15) is 23.6 Å². The van der Waals surface area contributed by atoms with Crippen LogP contribution in [0.5, 0.6) is 0 Å². The summed E-state index contributed by atoms with van der Waals surface area (Å²) in [6.45, 7) is 8.75. The largest absolute Gasteiger partial charge is 0.379 e. The topological polar surface area (TPSA) is 66.7 Å². The number of benzene rings is 2. The van der Waals surface area contributed by atoms with Gasteiger partial charge in [0, 0.05) is 44.5 Å². The Kier molecular flexibility index (Phi) is 7.89. The fraction of sp³-hybridized carbons (Fsp3) is 0.360. The lowest BCUT2D eigenvalue weighted by Gasteiger charge is -2.27. The Morgan fingerprint density at radius 2 is 1.75 bits per heavy atom. The Morgan fingerprint density at radius 3 is 2.53 bits per heavy atom. The smallest absolute Gasteiger partial charge is 0.191 e. The van der Waals surface area contributed by atoms with E-state index in [2.05, 4.69) is 51.8 Å². The minimum Gasteiger partial charge on any atom is -0.379 e. The lowest BCUT2D eigenvalue weighted by atomic mass is 10.1. The van der Waals surface area contributed by atoms with E-state index >= 15 is 0 Å². The van der Waals surface area contributed by atoms with Crippen molar-refractivity contribution in [3.8, 4) is 5.69 Å². The Hall–Kier alpha value is -3.16. The van der Waals surface area contributed by atoms with Crippen LogP contribution in [0.2, 0.25) is 0 Å². The molecule has 1 aliphatic rings. The number of para-hydroxylation sites is 1. The molecule has 4 rings (SSSR count). The molecule has 32 heavy (non-hydrogen) atoms. The number of aliphatic imine (C=N–C) groups is 1. The number of nitrogens with one attached hydrogen (secondary N) is 2. The third kappa shape index (κ3) is 6.18. The first-order chi connectivity index (χ1) is 15.8. The van der Waals surface area contributed by atoms with Gasteiger partial charge >= 0.3 is 0 Å². The molecule has 168 valence electrons. The molecule has 3 aromatic rings.